The number of hydrogen-bond donors (Lipinski definition) is 3. The number of ether oxygens (including phenoxy) is 7. The largest absolute Gasteiger partial charge is 0.493 e. The number of hydrogen-bond acceptors (Lipinski definition) is 13. The Morgan fingerprint density at radius 3 is 2.12 bits per heavy atom. The molecule has 0 spiro atoms. The average molecular weight is 835 g/mol. The maximum Gasteiger partial charge on any atom is 0.412 e. The van der Waals surface area contributed by atoms with Crippen LogP contribution in [0.15, 0.2) is 36.4 Å². The van der Waals surface area contributed by atoms with E-state index in [4.69, 9.17) is 38.9 Å². The Bertz CT molecular complexity index is 1880. The highest BCUT2D eigenvalue weighted by Gasteiger charge is 2.60. The molecule has 0 radical (unpaired) electrons. The minimum Gasteiger partial charge on any atom is -0.493 e. The van der Waals surface area contributed by atoms with E-state index in [0.717, 1.165) is 30.4 Å². The van der Waals surface area contributed by atoms with Gasteiger partial charge in [0.05, 0.1) is 33.9 Å². The van der Waals surface area contributed by atoms with Crippen LogP contribution in [0, 0.1) is 28.6 Å². The molecule has 4 saturated carbocycles. The number of amides is 2. The summed E-state index contributed by atoms with van der Waals surface area (Å²) in [6.45, 7) is 6.81. The zero-order chi connectivity index (χ0) is 42.7. The first-order valence-corrected chi connectivity index (χ1v) is 21.3. The van der Waals surface area contributed by atoms with Crippen molar-refractivity contribution in [3.63, 3.8) is 0 Å². The zero-order valence-corrected chi connectivity index (χ0v) is 35.7. The van der Waals surface area contributed by atoms with Crippen LogP contribution in [0.5, 0.6) is 23.0 Å². The second kappa shape index (κ2) is 18.1. The number of likely N-dealkylation sites (tertiary alicyclic amines) is 1. The molecule has 60 heavy (non-hydrogen) atoms. The van der Waals surface area contributed by atoms with Crippen molar-refractivity contribution in [2.45, 2.75) is 95.7 Å². The summed E-state index contributed by atoms with van der Waals surface area (Å²) in [6, 6.07) is 9.86. The summed E-state index contributed by atoms with van der Waals surface area (Å²) in [4.78, 5) is 53.3. The molecule has 2 amide bonds. The Morgan fingerprint density at radius 1 is 0.833 bits per heavy atom. The molecule has 6 fully saturated rings. The SMILES string of the molecule is COc1ccc(C[C@H]2COC(=O)[C@@H]2Cc2ccc(OC(=O)NC3CCN(CCOC(=O)[C@@H](N)COC(=O)NC45CC6CC(C)(CC(C)(C6)C4)C5)CC3)c(OC)c2)cc1OC. The summed E-state index contributed by atoms with van der Waals surface area (Å²) in [5.41, 5.74) is 8.17. The lowest BCUT2D eigenvalue weighted by Gasteiger charge is -2.65. The summed E-state index contributed by atoms with van der Waals surface area (Å²) < 4.78 is 38.4. The van der Waals surface area contributed by atoms with Gasteiger partial charge in [-0.15, -0.1) is 0 Å². The predicted molar refractivity (Wildman–Crippen MR) is 220 cm³/mol. The maximum atomic E-state index is 12.9. The zero-order valence-electron chi connectivity index (χ0n) is 35.7. The molecule has 15 heteroatoms. The van der Waals surface area contributed by atoms with Gasteiger partial charge in [0.1, 0.15) is 19.3 Å². The lowest BCUT2D eigenvalue weighted by atomic mass is 9.43. The lowest BCUT2D eigenvalue weighted by molar-refractivity contribution is -0.146. The quantitative estimate of drug-likeness (QED) is 0.149. The van der Waals surface area contributed by atoms with E-state index in [2.05, 4.69) is 29.4 Å². The minimum atomic E-state index is -1.07. The second-order valence-corrected chi connectivity index (χ2v) is 18.6. The van der Waals surface area contributed by atoms with E-state index in [9.17, 15) is 19.2 Å². The fourth-order valence-corrected chi connectivity index (χ4v) is 11.6. The van der Waals surface area contributed by atoms with Crippen LogP contribution in [0.3, 0.4) is 0 Å². The summed E-state index contributed by atoms with van der Waals surface area (Å²) >= 11 is 0. The van der Waals surface area contributed by atoms with Crippen LogP contribution in [0.25, 0.3) is 0 Å². The van der Waals surface area contributed by atoms with Crippen molar-refractivity contribution in [2.75, 3.05) is 60.8 Å². The third kappa shape index (κ3) is 10.2. The molecule has 2 unspecified atom stereocenters. The molecule has 4 bridgehead atoms. The molecule has 328 valence electrons. The molecule has 5 atom stereocenters. The van der Waals surface area contributed by atoms with Crippen LogP contribution in [0.2, 0.25) is 0 Å². The number of nitrogens with zero attached hydrogens (tertiary/aromatic N) is 1. The number of carbonyl (C=O) groups excluding carboxylic acids is 4. The second-order valence-electron chi connectivity index (χ2n) is 18.6. The lowest BCUT2D eigenvalue weighted by Crippen LogP contribution is -2.65. The summed E-state index contributed by atoms with van der Waals surface area (Å²) in [6.07, 6.45) is 7.91. The first-order chi connectivity index (χ1) is 28.7. The minimum absolute atomic E-state index is 0.0300. The number of piperidine rings is 1. The third-order valence-corrected chi connectivity index (χ3v) is 13.4. The molecular formula is C45H62N4O11. The van der Waals surface area contributed by atoms with Crippen LogP contribution < -0.4 is 35.3 Å². The van der Waals surface area contributed by atoms with Gasteiger partial charge in [-0.1, -0.05) is 26.0 Å². The average Bonchev–Trinajstić information content (AvgIpc) is 3.53. The molecule has 15 nitrogen and oxygen atoms in total. The van der Waals surface area contributed by atoms with Crippen LogP contribution in [-0.2, 0) is 36.6 Å². The number of esters is 2. The molecule has 2 heterocycles. The van der Waals surface area contributed by atoms with E-state index < -0.39 is 24.2 Å². The van der Waals surface area contributed by atoms with Crippen molar-refractivity contribution in [2.24, 2.45) is 34.3 Å². The first kappa shape index (κ1) is 43.3. The van der Waals surface area contributed by atoms with Gasteiger partial charge in [0, 0.05) is 37.1 Å². The van der Waals surface area contributed by atoms with Crippen molar-refractivity contribution in [1.29, 1.82) is 0 Å². The molecular weight excluding hydrogens is 773 g/mol. The van der Waals surface area contributed by atoms with Gasteiger partial charge in [-0.2, -0.15) is 0 Å². The fraction of sp³-hybridized carbons (Fsp3) is 0.644. The molecule has 0 aromatic heterocycles. The Labute approximate surface area is 352 Å². The highest BCUT2D eigenvalue weighted by molar-refractivity contribution is 5.77. The van der Waals surface area contributed by atoms with E-state index >= 15 is 0 Å². The smallest absolute Gasteiger partial charge is 0.412 e. The van der Waals surface area contributed by atoms with Gasteiger partial charge < -0.3 is 49.5 Å². The van der Waals surface area contributed by atoms with E-state index in [0.29, 0.717) is 75.1 Å². The molecule has 2 saturated heterocycles. The number of nitrogens with two attached hydrogens (primary N) is 1. The van der Waals surface area contributed by atoms with Crippen LogP contribution in [0.4, 0.5) is 9.59 Å². The summed E-state index contributed by atoms with van der Waals surface area (Å²) in [5, 5.41) is 6.13. The number of rotatable bonds is 16. The first-order valence-electron chi connectivity index (χ1n) is 21.3. The van der Waals surface area contributed by atoms with Crippen molar-refractivity contribution < 1.29 is 52.3 Å². The monoisotopic (exact) mass is 834 g/mol. The van der Waals surface area contributed by atoms with Crippen molar-refractivity contribution in [3.05, 3.63) is 47.5 Å². The topological polar surface area (TPSA) is 186 Å². The molecule has 2 aromatic carbocycles. The fourth-order valence-electron chi connectivity index (χ4n) is 11.6. The van der Waals surface area contributed by atoms with Crippen molar-refractivity contribution >= 4 is 24.1 Å². The Balaban J connectivity index is 0.794. The van der Waals surface area contributed by atoms with Crippen molar-refractivity contribution in [1.82, 2.24) is 15.5 Å². The van der Waals surface area contributed by atoms with Crippen LogP contribution >= 0.6 is 0 Å². The maximum absolute atomic E-state index is 12.9. The Kier molecular flexibility index (Phi) is 13.1. The number of nitrogens with one attached hydrogen (secondary N) is 2. The highest BCUT2D eigenvalue weighted by atomic mass is 16.6. The van der Waals surface area contributed by atoms with Crippen LogP contribution in [0.1, 0.15) is 76.3 Å². The van der Waals surface area contributed by atoms with E-state index in [1.54, 1.807) is 26.4 Å². The van der Waals surface area contributed by atoms with E-state index in [1.807, 2.05) is 24.3 Å². The number of alkyl carbamates (subject to hydrolysis) is 1. The molecule has 6 aliphatic rings. The van der Waals surface area contributed by atoms with Gasteiger partial charge in [0.25, 0.3) is 0 Å². The highest BCUT2D eigenvalue weighted by Crippen LogP contribution is 2.66. The van der Waals surface area contributed by atoms with Gasteiger partial charge in [0.15, 0.2) is 23.0 Å². The number of benzene rings is 2. The normalized spacial score (nSPS) is 29.0. The number of cyclic esters (lactones) is 1. The molecule has 2 aromatic rings. The standard InChI is InChI=1S/C45H62N4O11/c1-43-20-30-21-44(2,25-43)27-45(22-30,26-43)48-42(53)59-24-34(46)40(51)57-15-14-49-12-10-32(11-13-49)47-41(52)60-36-9-7-29(19-38(36)56-5)17-33-31(23-58-39(33)50)16-28-6-8-35(54-3)37(18-28)55-4/h6-9,18-19,30-34H,10-17,20-27,46H2,1-5H3,(H,47,52)(H,48,53)/t30?,31-,33+,34-,43?,44?,45?/m0/s1. The molecule has 4 N–H and O–H groups in total. The van der Waals surface area contributed by atoms with Crippen LogP contribution in [-0.4, -0.2) is 107 Å². The Hall–Kier alpha value is -4.76. The van der Waals surface area contributed by atoms with Crippen molar-refractivity contribution in [3.8, 4) is 23.0 Å². The molecule has 2 aliphatic heterocycles. The van der Waals surface area contributed by atoms with E-state index in [1.165, 1.54) is 26.4 Å². The van der Waals surface area contributed by atoms with Gasteiger partial charge in [0.2, 0.25) is 0 Å². The van der Waals surface area contributed by atoms with E-state index in [-0.39, 0.29) is 59.2 Å². The number of methoxy groups -OCH3 is 3. The van der Waals surface area contributed by atoms with Gasteiger partial charge in [-0.25, -0.2) is 9.59 Å². The van der Waals surface area contributed by atoms with Gasteiger partial charge in [-0.3, -0.25) is 14.5 Å². The molecule has 8 rings (SSSR count). The van der Waals surface area contributed by atoms with Gasteiger partial charge >= 0.3 is 24.1 Å². The Morgan fingerprint density at radius 2 is 1.47 bits per heavy atom. The third-order valence-electron chi connectivity index (χ3n) is 13.4. The molecule has 4 aliphatic carbocycles. The summed E-state index contributed by atoms with van der Waals surface area (Å²) in [7, 11) is 4.69. The van der Waals surface area contributed by atoms with Gasteiger partial charge in [-0.05, 0) is 116 Å². The summed E-state index contributed by atoms with van der Waals surface area (Å²) in [5.74, 6) is 1.31. The number of carbonyl (C=O) groups is 4. The predicted octanol–water partition coefficient (Wildman–Crippen LogP) is 5.19.